The molecule has 0 spiro atoms. The van der Waals surface area contributed by atoms with Gasteiger partial charge >= 0.3 is 0 Å². The molecule has 0 bridgehead atoms. The summed E-state index contributed by atoms with van der Waals surface area (Å²) in [5, 5.41) is 0. The third-order valence-electron chi connectivity index (χ3n) is 2.86. The van der Waals surface area contributed by atoms with Crippen LogP contribution < -0.4 is 4.90 Å². The van der Waals surface area contributed by atoms with E-state index in [0.29, 0.717) is 12.5 Å². The number of nitrogens with zero attached hydrogens (tertiary/aromatic N) is 1. The minimum absolute atomic E-state index is 0.259. The molecule has 3 rings (SSSR count). The number of rotatable bonds is 1. The van der Waals surface area contributed by atoms with Crippen LogP contribution in [0.25, 0.3) is 0 Å². The Hall–Kier alpha value is -0.830. The van der Waals surface area contributed by atoms with Crippen LogP contribution in [-0.4, -0.2) is 11.9 Å². The van der Waals surface area contributed by atoms with Crippen LogP contribution in [0.4, 0.5) is 5.69 Å². The van der Waals surface area contributed by atoms with Crippen molar-refractivity contribution in [3.05, 3.63) is 28.2 Å². The van der Waals surface area contributed by atoms with Crippen molar-refractivity contribution >= 4 is 27.5 Å². The van der Waals surface area contributed by atoms with E-state index in [2.05, 4.69) is 15.9 Å². The van der Waals surface area contributed by atoms with Crippen LogP contribution >= 0.6 is 15.9 Å². The van der Waals surface area contributed by atoms with Crippen molar-refractivity contribution in [2.45, 2.75) is 25.3 Å². The minimum atomic E-state index is 0.259. The minimum Gasteiger partial charge on any atom is -0.309 e. The standard InChI is InChI=1S/C11H10BrNO/c12-9-2-1-3-10-8(9)6-11(14)13(10)7-4-5-7/h1-3,7H,4-6H2. The number of hydrogen-bond acceptors (Lipinski definition) is 1. The van der Waals surface area contributed by atoms with E-state index >= 15 is 0 Å². The van der Waals surface area contributed by atoms with Gasteiger partial charge in [0.2, 0.25) is 5.91 Å². The summed E-state index contributed by atoms with van der Waals surface area (Å²) >= 11 is 3.49. The van der Waals surface area contributed by atoms with Gasteiger partial charge in [-0.15, -0.1) is 0 Å². The van der Waals surface area contributed by atoms with E-state index in [4.69, 9.17) is 0 Å². The number of amides is 1. The van der Waals surface area contributed by atoms with Crippen molar-refractivity contribution in [3.8, 4) is 0 Å². The molecular formula is C11H10BrNO. The van der Waals surface area contributed by atoms with E-state index < -0.39 is 0 Å². The van der Waals surface area contributed by atoms with Crippen molar-refractivity contribution < 1.29 is 4.79 Å². The van der Waals surface area contributed by atoms with Crippen LogP contribution in [-0.2, 0) is 11.2 Å². The summed E-state index contributed by atoms with van der Waals surface area (Å²) < 4.78 is 1.06. The Morgan fingerprint density at radius 2 is 2.14 bits per heavy atom. The van der Waals surface area contributed by atoms with Gasteiger partial charge in [-0.1, -0.05) is 22.0 Å². The number of benzene rings is 1. The van der Waals surface area contributed by atoms with E-state index in [1.807, 2.05) is 23.1 Å². The summed E-state index contributed by atoms with van der Waals surface area (Å²) in [6.07, 6.45) is 2.89. The van der Waals surface area contributed by atoms with E-state index in [0.717, 1.165) is 28.6 Å². The highest BCUT2D eigenvalue weighted by atomic mass is 79.9. The third kappa shape index (κ3) is 1.12. The quantitative estimate of drug-likeness (QED) is 0.752. The summed E-state index contributed by atoms with van der Waals surface area (Å²) in [6, 6.07) is 6.53. The molecule has 1 aromatic carbocycles. The number of anilines is 1. The highest BCUT2D eigenvalue weighted by molar-refractivity contribution is 9.10. The summed E-state index contributed by atoms with van der Waals surface area (Å²) in [5.41, 5.74) is 2.27. The molecule has 2 nitrogen and oxygen atoms in total. The fourth-order valence-corrected chi connectivity index (χ4v) is 2.55. The Balaban J connectivity index is 2.12. The van der Waals surface area contributed by atoms with Crippen LogP contribution in [0, 0.1) is 0 Å². The van der Waals surface area contributed by atoms with Crippen molar-refractivity contribution in [1.29, 1.82) is 0 Å². The lowest BCUT2D eigenvalue weighted by Crippen LogP contribution is -2.28. The molecule has 1 aliphatic heterocycles. The molecule has 1 amide bonds. The van der Waals surface area contributed by atoms with E-state index in [-0.39, 0.29) is 5.91 Å². The first-order valence-electron chi connectivity index (χ1n) is 4.87. The monoisotopic (exact) mass is 251 g/mol. The molecule has 0 atom stereocenters. The fourth-order valence-electron chi connectivity index (χ4n) is 2.05. The van der Waals surface area contributed by atoms with Gasteiger partial charge in [0.15, 0.2) is 0 Å². The maximum absolute atomic E-state index is 11.8. The first-order chi connectivity index (χ1) is 6.77. The molecule has 0 radical (unpaired) electrons. The molecule has 1 saturated carbocycles. The molecule has 72 valence electrons. The largest absolute Gasteiger partial charge is 0.309 e. The molecule has 0 aromatic heterocycles. The second-order valence-electron chi connectivity index (χ2n) is 3.91. The SMILES string of the molecule is O=C1Cc2c(Br)cccc2N1C1CC1. The maximum atomic E-state index is 11.8. The van der Waals surface area contributed by atoms with Gasteiger partial charge in [-0.05, 0) is 30.5 Å². The van der Waals surface area contributed by atoms with Gasteiger partial charge in [-0.3, -0.25) is 4.79 Å². The summed E-state index contributed by atoms with van der Waals surface area (Å²) in [4.78, 5) is 13.7. The molecule has 1 aromatic rings. The average molecular weight is 252 g/mol. The molecule has 0 N–H and O–H groups in total. The van der Waals surface area contributed by atoms with E-state index in [1.165, 1.54) is 0 Å². The van der Waals surface area contributed by atoms with Crippen molar-refractivity contribution in [2.75, 3.05) is 4.90 Å². The first kappa shape index (κ1) is 8.48. The lowest BCUT2D eigenvalue weighted by atomic mass is 10.2. The van der Waals surface area contributed by atoms with Crippen molar-refractivity contribution in [3.63, 3.8) is 0 Å². The van der Waals surface area contributed by atoms with Crippen molar-refractivity contribution in [1.82, 2.24) is 0 Å². The summed E-state index contributed by atoms with van der Waals surface area (Å²) in [7, 11) is 0. The Morgan fingerprint density at radius 3 is 2.86 bits per heavy atom. The number of hydrogen-bond donors (Lipinski definition) is 0. The molecule has 1 fully saturated rings. The number of carbonyl (C=O) groups is 1. The lowest BCUT2D eigenvalue weighted by molar-refractivity contribution is -0.117. The molecule has 1 aliphatic carbocycles. The Bertz CT molecular complexity index is 412. The zero-order chi connectivity index (χ0) is 9.71. The van der Waals surface area contributed by atoms with Gasteiger partial charge in [-0.25, -0.2) is 0 Å². The van der Waals surface area contributed by atoms with Crippen LogP contribution in [0.15, 0.2) is 22.7 Å². The second kappa shape index (κ2) is 2.83. The maximum Gasteiger partial charge on any atom is 0.231 e. The van der Waals surface area contributed by atoms with Crippen LogP contribution in [0.2, 0.25) is 0 Å². The highest BCUT2D eigenvalue weighted by Crippen LogP contribution is 2.40. The van der Waals surface area contributed by atoms with Crippen molar-refractivity contribution in [2.24, 2.45) is 0 Å². The zero-order valence-corrected chi connectivity index (χ0v) is 9.25. The van der Waals surface area contributed by atoms with Crippen LogP contribution in [0.1, 0.15) is 18.4 Å². The van der Waals surface area contributed by atoms with Gasteiger partial charge in [-0.2, -0.15) is 0 Å². The van der Waals surface area contributed by atoms with E-state index in [1.54, 1.807) is 0 Å². The number of fused-ring (bicyclic) bond motifs is 1. The third-order valence-corrected chi connectivity index (χ3v) is 3.61. The van der Waals surface area contributed by atoms with Gasteiger partial charge in [0.1, 0.15) is 0 Å². The Morgan fingerprint density at radius 1 is 1.36 bits per heavy atom. The number of carbonyl (C=O) groups excluding carboxylic acids is 1. The zero-order valence-electron chi connectivity index (χ0n) is 7.66. The number of halogens is 1. The predicted octanol–water partition coefficient (Wildman–Crippen LogP) is 2.50. The van der Waals surface area contributed by atoms with Gasteiger partial charge < -0.3 is 4.90 Å². The van der Waals surface area contributed by atoms with E-state index in [9.17, 15) is 4.79 Å². The normalized spacial score (nSPS) is 20.1. The van der Waals surface area contributed by atoms with Crippen LogP contribution in [0.5, 0.6) is 0 Å². The molecule has 0 saturated heterocycles. The predicted molar refractivity (Wildman–Crippen MR) is 58.4 cm³/mol. The van der Waals surface area contributed by atoms with Gasteiger partial charge in [0.05, 0.1) is 6.42 Å². The summed E-state index contributed by atoms with van der Waals surface area (Å²) in [6.45, 7) is 0. The van der Waals surface area contributed by atoms with Gasteiger partial charge in [0, 0.05) is 16.2 Å². The molecule has 0 unspecified atom stereocenters. The molecule has 3 heteroatoms. The molecule has 1 heterocycles. The average Bonchev–Trinajstić information content (AvgIpc) is 2.91. The smallest absolute Gasteiger partial charge is 0.231 e. The highest BCUT2D eigenvalue weighted by Gasteiger charge is 2.39. The molecular weight excluding hydrogens is 242 g/mol. The topological polar surface area (TPSA) is 20.3 Å². The Labute approximate surface area is 91.0 Å². The molecule has 2 aliphatic rings. The second-order valence-corrected chi connectivity index (χ2v) is 4.76. The van der Waals surface area contributed by atoms with Crippen LogP contribution in [0.3, 0.4) is 0 Å². The Kier molecular flexibility index (Phi) is 1.71. The molecule has 14 heavy (non-hydrogen) atoms. The lowest BCUT2D eigenvalue weighted by Gasteiger charge is -2.16. The summed E-state index contributed by atoms with van der Waals surface area (Å²) in [5.74, 6) is 0.259. The van der Waals surface area contributed by atoms with Gasteiger partial charge in [0.25, 0.3) is 0 Å². The first-order valence-corrected chi connectivity index (χ1v) is 5.66. The fraction of sp³-hybridized carbons (Fsp3) is 0.364.